The van der Waals surface area contributed by atoms with Gasteiger partial charge in [0.2, 0.25) is 0 Å². The lowest BCUT2D eigenvalue weighted by atomic mass is 9.96. The number of carbonyl (C=O) groups excluding carboxylic acids is 1. The fourth-order valence-electron chi connectivity index (χ4n) is 2.48. The SMILES string of the molecule is C=C(C)C(O)Cc1c(OC)cc(O)c(C(=O)/C=C/c2ccccc2)c1O. The Morgan fingerprint density at radius 1 is 1.27 bits per heavy atom. The summed E-state index contributed by atoms with van der Waals surface area (Å²) in [5, 5.41) is 30.8. The fraction of sp³-hybridized carbons (Fsp3) is 0.190. The fourth-order valence-corrected chi connectivity index (χ4v) is 2.48. The van der Waals surface area contributed by atoms with Gasteiger partial charge in [-0.15, -0.1) is 0 Å². The van der Waals surface area contributed by atoms with Gasteiger partial charge in [-0.3, -0.25) is 4.79 Å². The third kappa shape index (κ3) is 4.32. The van der Waals surface area contributed by atoms with Crippen LogP contribution < -0.4 is 4.74 Å². The number of hydrogen-bond donors (Lipinski definition) is 3. The first-order valence-corrected chi connectivity index (χ1v) is 8.07. The van der Waals surface area contributed by atoms with Gasteiger partial charge in [-0.2, -0.15) is 0 Å². The van der Waals surface area contributed by atoms with Crippen LogP contribution in [0.25, 0.3) is 6.08 Å². The second kappa shape index (κ2) is 8.36. The van der Waals surface area contributed by atoms with E-state index in [9.17, 15) is 20.1 Å². The number of phenolic OH excluding ortho intramolecular Hbond substituents is 2. The largest absolute Gasteiger partial charge is 0.507 e. The zero-order chi connectivity index (χ0) is 19.3. The van der Waals surface area contributed by atoms with Crippen molar-refractivity contribution in [2.75, 3.05) is 7.11 Å². The average Bonchev–Trinajstić information content (AvgIpc) is 2.62. The molecule has 0 bridgehead atoms. The molecule has 0 fully saturated rings. The molecule has 0 spiro atoms. The molecule has 0 amide bonds. The molecule has 2 aromatic carbocycles. The van der Waals surface area contributed by atoms with Crippen molar-refractivity contribution < 1.29 is 24.9 Å². The molecule has 2 aromatic rings. The molecule has 26 heavy (non-hydrogen) atoms. The summed E-state index contributed by atoms with van der Waals surface area (Å²) < 4.78 is 5.16. The van der Waals surface area contributed by atoms with E-state index in [1.54, 1.807) is 13.0 Å². The Kier molecular flexibility index (Phi) is 6.20. The molecule has 0 aliphatic heterocycles. The lowest BCUT2D eigenvalue weighted by Crippen LogP contribution is -2.13. The minimum atomic E-state index is -0.915. The van der Waals surface area contributed by atoms with Crippen molar-refractivity contribution in [3.05, 3.63) is 71.3 Å². The van der Waals surface area contributed by atoms with Crippen molar-refractivity contribution >= 4 is 11.9 Å². The lowest BCUT2D eigenvalue weighted by Gasteiger charge is -2.17. The van der Waals surface area contributed by atoms with Crippen LogP contribution >= 0.6 is 0 Å². The molecule has 136 valence electrons. The van der Waals surface area contributed by atoms with Crippen molar-refractivity contribution in [1.82, 2.24) is 0 Å². The molecule has 0 aromatic heterocycles. The number of aliphatic hydroxyl groups excluding tert-OH is 1. The third-order valence-electron chi connectivity index (χ3n) is 4.00. The first-order chi connectivity index (χ1) is 12.3. The maximum absolute atomic E-state index is 12.5. The zero-order valence-corrected chi connectivity index (χ0v) is 14.8. The number of aliphatic hydroxyl groups is 1. The van der Waals surface area contributed by atoms with Gasteiger partial charge in [0.05, 0.1) is 13.2 Å². The van der Waals surface area contributed by atoms with Crippen LogP contribution in [0.4, 0.5) is 0 Å². The molecule has 1 unspecified atom stereocenters. The van der Waals surface area contributed by atoms with Gasteiger partial charge in [-0.1, -0.05) is 48.6 Å². The number of allylic oxidation sites excluding steroid dienone is 1. The maximum Gasteiger partial charge on any atom is 0.193 e. The minimum absolute atomic E-state index is 0.00724. The Labute approximate surface area is 152 Å². The summed E-state index contributed by atoms with van der Waals surface area (Å²) >= 11 is 0. The summed E-state index contributed by atoms with van der Waals surface area (Å²) in [5.74, 6) is -1.18. The summed E-state index contributed by atoms with van der Waals surface area (Å²) in [7, 11) is 1.38. The predicted molar refractivity (Wildman–Crippen MR) is 101 cm³/mol. The Bertz CT molecular complexity index is 837. The van der Waals surface area contributed by atoms with Crippen molar-refractivity contribution in [3.8, 4) is 17.2 Å². The monoisotopic (exact) mass is 354 g/mol. The van der Waals surface area contributed by atoms with E-state index in [2.05, 4.69) is 6.58 Å². The number of methoxy groups -OCH3 is 1. The molecular formula is C21H22O5. The van der Waals surface area contributed by atoms with Gasteiger partial charge in [-0.25, -0.2) is 0 Å². The van der Waals surface area contributed by atoms with E-state index in [1.165, 1.54) is 19.3 Å². The zero-order valence-electron chi connectivity index (χ0n) is 14.8. The Balaban J connectivity index is 2.43. The summed E-state index contributed by atoms with van der Waals surface area (Å²) in [6.45, 7) is 5.33. The van der Waals surface area contributed by atoms with Crippen LogP contribution in [0.15, 0.2) is 54.6 Å². The first-order valence-electron chi connectivity index (χ1n) is 8.07. The van der Waals surface area contributed by atoms with Crippen molar-refractivity contribution in [1.29, 1.82) is 0 Å². The molecular weight excluding hydrogens is 332 g/mol. The molecule has 0 heterocycles. The Morgan fingerprint density at radius 2 is 1.92 bits per heavy atom. The number of carbonyl (C=O) groups is 1. The van der Waals surface area contributed by atoms with Gasteiger partial charge in [0.15, 0.2) is 5.78 Å². The number of ketones is 1. The number of phenols is 2. The standard InChI is InChI=1S/C21H22O5/c1-13(2)17(23)11-15-19(26-3)12-18(24)20(21(15)25)16(22)10-9-14-7-5-4-6-8-14/h4-10,12,17,23-25H,1,11H2,2-3H3/b10-9+. The van der Waals surface area contributed by atoms with E-state index >= 15 is 0 Å². The minimum Gasteiger partial charge on any atom is -0.507 e. The van der Waals surface area contributed by atoms with Gasteiger partial charge >= 0.3 is 0 Å². The molecule has 3 N–H and O–H groups in total. The van der Waals surface area contributed by atoms with E-state index in [1.807, 2.05) is 30.3 Å². The third-order valence-corrected chi connectivity index (χ3v) is 4.00. The highest BCUT2D eigenvalue weighted by Crippen LogP contribution is 2.39. The second-order valence-electron chi connectivity index (χ2n) is 5.97. The smallest absolute Gasteiger partial charge is 0.193 e. The van der Waals surface area contributed by atoms with Crippen molar-refractivity contribution in [2.24, 2.45) is 0 Å². The topological polar surface area (TPSA) is 87.0 Å². The van der Waals surface area contributed by atoms with Crippen LogP contribution in [0, 0.1) is 0 Å². The van der Waals surface area contributed by atoms with E-state index in [0.717, 1.165) is 5.56 Å². The van der Waals surface area contributed by atoms with Gasteiger partial charge in [0.1, 0.15) is 22.8 Å². The van der Waals surface area contributed by atoms with E-state index < -0.39 is 23.4 Å². The molecule has 0 aliphatic rings. The molecule has 5 heteroatoms. The summed E-state index contributed by atoms with van der Waals surface area (Å²) in [6, 6.07) is 10.4. The first kappa shape index (κ1) is 19.3. The Hall–Kier alpha value is -3.05. The molecule has 1 atom stereocenters. The van der Waals surface area contributed by atoms with Crippen LogP contribution in [-0.4, -0.2) is 34.3 Å². The van der Waals surface area contributed by atoms with Gasteiger partial charge in [0.25, 0.3) is 0 Å². The van der Waals surface area contributed by atoms with Crippen LogP contribution in [0.2, 0.25) is 0 Å². The van der Waals surface area contributed by atoms with Crippen molar-refractivity contribution in [3.63, 3.8) is 0 Å². The average molecular weight is 354 g/mol. The number of aromatic hydroxyl groups is 2. The molecule has 0 saturated heterocycles. The maximum atomic E-state index is 12.5. The van der Waals surface area contributed by atoms with Crippen LogP contribution in [0.1, 0.15) is 28.4 Å². The summed E-state index contributed by atoms with van der Waals surface area (Å²) in [5.41, 5.74) is 1.32. The van der Waals surface area contributed by atoms with E-state index in [0.29, 0.717) is 5.57 Å². The normalized spacial score (nSPS) is 12.1. The van der Waals surface area contributed by atoms with Gasteiger partial charge < -0.3 is 20.1 Å². The number of rotatable bonds is 7. The number of ether oxygens (including phenoxy) is 1. The lowest BCUT2D eigenvalue weighted by molar-refractivity contribution is 0.104. The molecule has 0 radical (unpaired) electrons. The highest BCUT2D eigenvalue weighted by molar-refractivity contribution is 6.10. The highest BCUT2D eigenvalue weighted by Gasteiger charge is 2.23. The van der Waals surface area contributed by atoms with Gasteiger partial charge in [-0.05, 0) is 18.6 Å². The number of hydrogen-bond acceptors (Lipinski definition) is 5. The number of benzene rings is 2. The Morgan fingerprint density at radius 3 is 2.50 bits per heavy atom. The highest BCUT2D eigenvalue weighted by atomic mass is 16.5. The quantitative estimate of drug-likeness (QED) is 0.402. The van der Waals surface area contributed by atoms with E-state index in [4.69, 9.17) is 4.74 Å². The predicted octanol–water partition coefficient (Wildman–Crippen LogP) is 3.48. The second-order valence-corrected chi connectivity index (χ2v) is 5.97. The summed E-state index contributed by atoms with van der Waals surface area (Å²) in [4.78, 5) is 12.5. The molecule has 0 aliphatic carbocycles. The van der Waals surface area contributed by atoms with Crippen LogP contribution in [0.5, 0.6) is 17.2 Å². The molecule has 2 rings (SSSR count). The molecule has 5 nitrogen and oxygen atoms in total. The molecule has 0 saturated carbocycles. The van der Waals surface area contributed by atoms with Crippen LogP contribution in [0.3, 0.4) is 0 Å². The summed E-state index contributed by atoms with van der Waals surface area (Å²) in [6.07, 6.45) is 1.96. The van der Waals surface area contributed by atoms with Crippen LogP contribution in [-0.2, 0) is 6.42 Å². The van der Waals surface area contributed by atoms with E-state index in [-0.39, 0.29) is 23.3 Å². The van der Waals surface area contributed by atoms with Crippen molar-refractivity contribution in [2.45, 2.75) is 19.4 Å². The van der Waals surface area contributed by atoms with Gasteiger partial charge in [0, 0.05) is 18.1 Å².